The van der Waals surface area contributed by atoms with Crippen LogP contribution in [-0.4, -0.2) is 23.0 Å². The van der Waals surface area contributed by atoms with Gasteiger partial charge in [-0.25, -0.2) is 0 Å². The lowest BCUT2D eigenvalue weighted by Crippen LogP contribution is -2.30. The summed E-state index contributed by atoms with van der Waals surface area (Å²) in [5, 5.41) is 2.13. The number of ether oxygens (including phenoxy) is 1. The summed E-state index contributed by atoms with van der Waals surface area (Å²) in [6.07, 6.45) is 3.60. The number of hydrogen-bond acceptors (Lipinski definition) is 3. The topological polar surface area (TPSA) is 55.0 Å². The first-order valence-corrected chi connectivity index (χ1v) is 6.48. The number of aromatic amines is 1. The van der Waals surface area contributed by atoms with Gasteiger partial charge in [0.1, 0.15) is 0 Å². The Bertz CT molecular complexity index is 802. The summed E-state index contributed by atoms with van der Waals surface area (Å²) in [6.45, 7) is 3.74. The number of methoxy groups -OCH3 is 1. The average molecular weight is 268 g/mol. The zero-order chi connectivity index (χ0) is 14.3. The van der Waals surface area contributed by atoms with Gasteiger partial charge < -0.3 is 9.72 Å². The normalized spacial score (nSPS) is 11.9. The van der Waals surface area contributed by atoms with Gasteiger partial charge in [-0.15, -0.1) is 0 Å². The van der Waals surface area contributed by atoms with Crippen molar-refractivity contribution < 1.29 is 9.53 Å². The average Bonchev–Trinajstić information content (AvgIpc) is 2.84. The van der Waals surface area contributed by atoms with Gasteiger partial charge in [-0.2, -0.15) is 0 Å². The maximum Gasteiger partial charge on any atom is 0.315 e. The second kappa shape index (κ2) is 4.34. The number of pyridine rings is 1. The third-order valence-electron chi connectivity index (χ3n) is 3.82. The van der Waals surface area contributed by atoms with Crippen LogP contribution in [-0.2, 0) is 14.9 Å². The molecular formula is C16H16N2O2. The Morgan fingerprint density at radius 3 is 2.70 bits per heavy atom. The molecule has 0 bridgehead atoms. The van der Waals surface area contributed by atoms with Gasteiger partial charge in [0.05, 0.1) is 12.5 Å². The van der Waals surface area contributed by atoms with Crippen LogP contribution in [0.15, 0.2) is 36.7 Å². The molecule has 0 unspecified atom stereocenters. The summed E-state index contributed by atoms with van der Waals surface area (Å²) in [5.74, 6) is -0.241. The summed E-state index contributed by atoms with van der Waals surface area (Å²) in [5.41, 5.74) is 2.34. The molecule has 0 amide bonds. The first-order chi connectivity index (χ1) is 9.54. The highest BCUT2D eigenvalue weighted by Crippen LogP contribution is 2.31. The van der Waals surface area contributed by atoms with Crippen molar-refractivity contribution in [1.82, 2.24) is 9.97 Å². The Kier molecular flexibility index (Phi) is 2.74. The van der Waals surface area contributed by atoms with Gasteiger partial charge in [-0.3, -0.25) is 9.78 Å². The number of rotatable bonds is 2. The number of nitrogens with one attached hydrogen (secondary N) is 1. The summed E-state index contributed by atoms with van der Waals surface area (Å²) < 4.78 is 4.89. The molecule has 0 saturated carbocycles. The minimum atomic E-state index is -0.672. The van der Waals surface area contributed by atoms with Gasteiger partial charge in [-0.05, 0) is 37.6 Å². The molecule has 0 saturated heterocycles. The summed E-state index contributed by atoms with van der Waals surface area (Å²) >= 11 is 0. The van der Waals surface area contributed by atoms with Crippen molar-refractivity contribution in [3.63, 3.8) is 0 Å². The van der Waals surface area contributed by atoms with E-state index in [9.17, 15) is 4.79 Å². The second-order valence-corrected chi connectivity index (χ2v) is 5.42. The Hall–Kier alpha value is -2.36. The van der Waals surface area contributed by atoms with Crippen LogP contribution in [0.1, 0.15) is 19.4 Å². The van der Waals surface area contributed by atoms with E-state index in [1.807, 2.05) is 44.3 Å². The van der Waals surface area contributed by atoms with E-state index >= 15 is 0 Å². The fourth-order valence-electron chi connectivity index (χ4n) is 2.50. The van der Waals surface area contributed by atoms with E-state index in [4.69, 9.17) is 4.74 Å². The van der Waals surface area contributed by atoms with E-state index in [2.05, 4.69) is 9.97 Å². The number of carbonyl (C=O) groups excluding carboxylic acids is 1. The third kappa shape index (κ3) is 1.76. The molecule has 1 aromatic carbocycles. The Balaban J connectivity index is 2.24. The molecule has 0 radical (unpaired) electrons. The van der Waals surface area contributed by atoms with Gasteiger partial charge >= 0.3 is 5.97 Å². The summed E-state index contributed by atoms with van der Waals surface area (Å²) in [4.78, 5) is 19.4. The van der Waals surface area contributed by atoms with Crippen molar-refractivity contribution in [2.24, 2.45) is 0 Å². The van der Waals surface area contributed by atoms with Crippen molar-refractivity contribution in [3.8, 4) is 0 Å². The van der Waals surface area contributed by atoms with Gasteiger partial charge in [-0.1, -0.05) is 6.07 Å². The molecule has 2 heterocycles. The quantitative estimate of drug-likeness (QED) is 0.726. The zero-order valence-electron chi connectivity index (χ0n) is 11.7. The van der Waals surface area contributed by atoms with E-state index in [1.165, 1.54) is 7.11 Å². The molecule has 102 valence electrons. The van der Waals surface area contributed by atoms with Crippen molar-refractivity contribution >= 4 is 27.8 Å². The van der Waals surface area contributed by atoms with Crippen LogP contribution >= 0.6 is 0 Å². The highest BCUT2D eigenvalue weighted by atomic mass is 16.5. The van der Waals surface area contributed by atoms with Crippen LogP contribution in [0, 0.1) is 0 Å². The highest BCUT2D eigenvalue weighted by molar-refractivity contribution is 6.07. The number of fused-ring (bicyclic) bond motifs is 3. The van der Waals surface area contributed by atoms with Crippen LogP contribution < -0.4 is 0 Å². The first-order valence-electron chi connectivity index (χ1n) is 6.48. The molecule has 2 aromatic heterocycles. The van der Waals surface area contributed by atoms with Crippen LogP contribution in [0.4, 0.5) is 0 Å². The lowest BCUT2D eigenvalue weighted by molar-refractivity contribution is -0.146. The van der Waals surface area contributed by atoms with Gasteiger partial charge in [0.2, 0.25) is 0 Å². The van der Waals surface area contributed by atoms with Crippen LogP contribution in [0.5, 0.6) is 0 Å². The number of aromatic nitrogens is 2. The maximum absolute atomic E-state index is 11.9. The number of esters is 1. The van der Waals surface area contributed by atoms with E-state index in [0.717, 1.165) is 27.4 Å². The van der Waals surface area contributed by atoms with Crippen molar-refractivity contribution in [3.05, 3.63) is 42.2 Å². The molecule has 0 aliphatic carbocycles. The molecular weight excluding hydrogens is 252 g/mol. The molecule has 0 aliphatic heterocycles. The molecule has 3 aromatic rings. The van der Waals surface area contributed by atoms with Gasteiger partial charge in [0, 0.05) is 34.2 Å². The van der Waals surface area contributed by atoms with E-state index in [1.54, 1.807) is 6.20 Å². The van der Waals surface area contributed by atoms with Crippen LogP contribution in [0.2, 0.25) is 0 Å². The van der Waals surface area contributed by atoms with Gasteiger partial charge in [0.15, 0.2) is 0 Å². The number of nitrogens with zero attached hydrogens (tertiary/aromatic N) is 1. The van der Waals surface area contributed by atoms with Crippen molar-refractivity contribution in [1.29, 1.82) is 0 Å². The zero-order valence-corrected chi connectivity index (χ0v) is 11.7. The maximum atomic E-state index is 11.9. The smallest absolute Gasteiger partial charge is 0.315 e. The number of carbonyl (C=O) groups is 1. The fraction of sp³-hybridized carbons (Fsp3) is 0.250. The molecule has 4 nitrogen and oxygen atoms in total. The van der Waals surface area contributed by atoms with Crippen LogP contribution in [0.3, 0.4) is 0 Å². The predicted octanol–water partition coefficient (Wildman–Crippen LogP) is 3.17. The molecule has 0 aliphatic rings. The number of hydrogen-bond donors (Lipinski definition) is 1. The van der Waals surface area contributed by atoms with Crippen molar-refractivity contribution in [2.75, 3.05) is 7.11 Å². The molecule has 1 N–H and O–H groups in total. The minimum absolute atomic E-state index is 0.241. The highest BCUT2D eigenvalue weighted by Gasteiger charge is 2.31. The molecule has 0 atom stereocenters. The van der Waals surface area contributed by atoms with E-state index in [-0.39, 0.29) is 5.97 Å². The van der Waals surface area contributed by atoms with E-state index < -0.39 is 5.41 Å². The Morgan fingerprint density at radius 2 is 1.95 bits per heavy atom. The molecule has 0 spiro atoms. The third-order valence-corrected chi connectivity index (χ3v) is 3.82. The SMILES string of the molecule is COC(=O)C(C)(C)c1ccc2[nH]c3ccncc3c2c1. The molecule has 4 heteroatoms. The van der Waals surface area contributed by atoms with Crippen molar-refractivity contribution in [2.45, 2.75) is 19.3 Å². The summed E-state index contributed by atoms with van der Waals surface area (Å²) in [7, 11) is 1.41. The predicted molar refractivity (Wildman–Crippen MR) is 78.6 cm³/mol. The number of benzene rings is 1. The lowest BCUT2D eigenvalue weighted by Gasteiger charge is -2.22. The number of H-pyrrole nitrogens is 1. The van der Waals surface area contributed by atoms with Gasteiger partial charge in [0.25, 0.3) is 0 Å². The standard InChI is InChI=1S/C16H16N2O2/c1-16(2,15(19)20-3)10-4-5-13-11(8-10)12-9-17-7-6-14(12)18-13/h4-9,18H,1-3H3. The summed E-state index contributed by atoms with van der Waals surface area (Å²) in [6, 6.07) is 7.94. The molecule has 20 heavy (non-hydrogen) atoms. The second-order valence-electron chi connectivity index (χ2n) is 5.42. The molecule has 3 rings (SSSR count). The monoisotopic (exact) mass is 268 g/mol. The Labute approximate surface area is 116 Å². The minimum Gasteiger partial charge on any atom is -0.468 e. The largest absolute Gasteiger partial charge is 0.468 e. The van der Waals surface area contributed by atoms with E-state index in [0.29, 0.717) is 0 Å². The van der Waals surface area contributed by atoms with Crippen LogP contribution in [0.25, 0.3) is 21.8 Å². The fourth-order valence-corrected chi connectivity index (χ4v) is 2.50. The first kappa shape index (κ1) is 12.7. The lowest BCUT2D eigenvalue weighted by atomic mass is 9.84. The Morgan fingerprint density at radius 1 is 1.20 bits per heavy atom. The molecule has 0 fully saturated rings.